The first-order valence-corrected chi connectivity index (χ1v) is 10.3. The number of nitriles is 1. The molecular weight excluding hydrogens is 396 g/mol. The van der Waals surface area contributed by atoms with Crippen molar-refractivity contribution >= 4 is 16.8 Å². The lowest BCUT2D eigenvalue weighted by molar-refractivity contribution is 0.0926. The monoisotopic (exact) mass is 420 g/mol. The van der Waals surface area contributed by atoms with E-state index in [1.165, 1.54) is 6.92 Å². The largest absolute Gasteiger partial charge is 0.494 e. The van der Waals surface area contributed by atoms with Gasteiger partial charge in [-0.2, -0.15) is 5.26 Å². The highest BCUT2D eigenvalue weighted by Gasteiger charge is 2.30. The number of fused-ring (bicyclic) bond motifs is 1. The van der Waals surface area contributed by atoms with Crippen LogP contribution in [0.5, 0.6) is 5.88 Å². The Hall–Kier alpha value is -3.37. The molecule has 160 valence electrons. The summed E-state index contributed by atoms with van der Waals surface area (Å²) in [5.41, 5.74) is 2.60. The topological polar surface area (TPSA) is 105 Å². The van der Waals surface area contributed by atoms with Crippen LogP contribution in [0.4, 0.5) is 0 Å². The number of aryl methyl sites for hydroxylation is 3. The van der Waals surface area contributed by atoms with Gasteiger partial charge in [0.05, 0.1) is 18.2 Å². The number of ketones is 1. The average Bonchev–Trinajstić information content (AvgIpc) is 3.34. The van der Waals surface area contributed by atoms with Crippen LogP contribution in [0.1, 0.15) is 56.8 Å². The molecule has 3 heterocycles. The first-order chi connectivity index (χ1) is 14.7. The van der Waals surface area contributed by atoms with E-state index in [9.17, 15) is 20.0 Å². The van der Waals surface area contributed by atoms with Gasteiger partial charge in [-0.15, -0.1) is 0 Å². The number of furan rings is 1. The highest BCUT2D eigenvalue weighted by atomic mass is 16.5. The van der Waals surface area contributed by atoms with Gasteiger partial charge in [0.2, 0.25) is 11.7 Å². The Morgan fingerprint density at radius 3 is 2.58 bits per heavy atom. The maximum absolute atomic E-state index is 13.5. The fourth-order valence-corrected chi connectivity index (χ4v) is 4.19. The van der Waals surface area contributed by atoms with Crippen molar-refractivity contribution in [3.05, 3.63) is 61.6 Å². The molecule has 0 saturated carbocycles. The number of carbonyl (C=O) groups is 1. The fourth-order valence-electron chi connectivity index (χ4n) is 4.19. The lowest BCUT2D eigenvalue weighted by Crippen LogP contribution is -2.30. The van der Waals surface area contributed by atoms with Gasteiger partial charge in [-0.1, -0.05) is 0 Å². The molecule has 2 aromatic heterocycles. The van der Waals surface area contributed by atoms with Crippen LogP contribution in [0.3, 0.4) is 0 Å². The third-order valence-corrected chi connectivity index (χ3v) is 6.20. The van der Waals surface area contributed by atoms with E-state index in [1.54, 1.807) is 6.92 Å². The maximum Gasteiger partial charge on any atom is 0.271 e. The summed E-state index contributed by atoms with van der Waals surface area (Å²) < 4.78 is 12.5. The van der Waals surface area contributed by atoms with Crippen molar-refractivity contribution in [3.8, 4) is 11.9 Å². The molecule has 0 spiro atoms. The standard InChI is InChI=1S/C24H24N2O5/c1-12-8-17-15(4)22(31-19(17)9-13(12)2)21(27)20-14(3)18(10-25)23(28)26(24(20)29)11-16-6-5-7-30-16/h8-9,16,29H,5-7,11H2,1-4H3. The van der Waals surface area contributed by atoms with Crippen molar-refractivity contribution in [2.45, 2.75) is 53.2 Å². The van der Waals surface area contributed by atoms with Crippen LogP contribution >= 0.6 is 0 Å². The second-order valence-electron chi connectivity index (χ2n) is 8.18. The Kier molecular flexibility index (Phi) is 5.19. The number of ether oxygens (including phenoxy) is 1. The van der Waals surface area contributed by atoms with E-state index >= 15 is 0 Å². The van der Waals surface area contributed by atoms with Gasteiger partial charge >= 0.3 is 0 Å². The van der Waals surface area contributed by atoms with Gasteiger partial charge in [0.15, 0.2) is 5.76 Å². The van der Waals surface area contributed by atoms with Crippen LogP contribution < -0.4 is 5.56 Å². The zero-order valence-electron chi connectivity index (χ0n) is 18.0. The third-order valence-electron chi connectivity index (χ3n) is 6.20. The minimum absolute atomic E-state index is 0.0808. The molecule has 1 saturated heterocycles. The molecule has 1 atom stereocenters. The van der Waals surface area contributed by atoms with E-state index in [0.29, 0.717) is 17.8 Å². The number of hydrogen-bond donors (Lipinski definition) is 1. The van der Waals surface area contributed by atoms with Gasteiger partial charge < -0.3 is 14.3 Å². The van der Waals surface area contributed by atoms with Gasteiger partial charge in [0.1, 0.15) is 17.2 Å². The summed E-state index contributed by atoms with van der Waals surface area (Å²) in [6.45, 7) is 7.89. The van der Waals surface area contributed by atoms with Crippen LogP contribution in [0.2, 0.25) is 0 Å². The lowest BCUT2D eigenvalue weighted by Gasteiger charge is -2.17. The SMILES string of the molecule is Cc1cc2oc(C(=O)c3c(C)c(C#N)c(=O)n(CC4CCCO4)c3O)c(C)c2cc1C. The molecule has 3 aromatic rings. The zero-order chi connectivity index (χ0) is 22.4. The number of nitrogens with zero attached hydrogens (tertiary/aromatic N) is 2. The Morgan fingerprint density at radius 1 is 1.23 bits per heavy atom. The minimum Gasteiger partial charge on any atom is -0.494 e. The second kappa shape index (κ2) is 7.71. The highest BCUT2D eigenvalue weighted by Crippen LogP contribution is 2.32. The first kappa shape index (κ1) is 20.9. The average molecular weight is 420 g/mol. The molecule has 1 fully saturated rings. The molecular formula is C24H24N2O5. The van der Waals surface area contributed by atoms with Gasteiger partial charge in [-0.25, -0.2) is 0 Å². The van der Waals surface area contributed by atoms with Crippen molar-refractivity contribution in [1.29, 1.82) is 5.26 Å². The minimum atomic E-state index is -0.628. The molecule has 1 aliphatic heterocycles. The molecule has 1 unspecified atom stereocenters. The molecule has 0 amide bonds. The van der Waals surface area contributed by atoms with E-state index < -0.39 is 17.2 Å². The number of aromatic nitrogens is 1. The zero-order valence-corrected chi connectivity index (χ0v) is 18.0. The number of benzene rings is 1. The van der Waals surface area contributed by atoms with Gasteiger partial charge in [-0.3, -0.25) is 14.2 Å². The second-order valence-corrected chi connectivity index (χ2v) is 8.18. The maximum atomic E-state index is 13.5. The molecule has 7 heteroatoms. The van der Waals surface area contributed by atoms with E-state index in [2.05, 4.69) is 0 Å². The molecule has 7 nitrogen and oxygen atoms in total. The third kappa shape index (κ3) is 3.33. The van der Waals surface area contributed by atoms with Crippen molar-refractivity contribution < 1.29 is 19.1 Å². The Balaban J connectivity index is 1.90. The van der Waals surface area contributed by atoms with Gasteiger partial charge in [-0.05, 0) is 69.4 Å². The van der Waals surface area contributed by atoms with Crippen molar-refractivity contribution in [2.75, 3.05) is 6.61 Å². The van der Waals surface area contributed by atoms with E-state index in [1.807, 2.05) is 32.0 Å². The summed E-state index contributed by atoms with van der Waals surface area (Å²) in [5, 5.41) is 21.3. The fraction of sp³-hybridized carbons (Fsp3) is 0.375. The van der Waals surface area contributed by atoms with E-state index in [-0.39, 0.29) is 35.1 Å². The number of hydrogen-bond acceptors (Lipinski definition) is 6. The number of carbonyl (C=O) groups excluding carboxylic acids is 1. The Labute approximate surface area is 179 Å². The molecule has 0 aliphatic carbocycles. The van der Waals surface area contributed by atoms with Crippen LogP contribution in [0.15, 0.2) is 21.3 Å². The van der Waals surface area contributed by atoms with Crippen molar-refractivity contribution in [3.63, 3.8) is 0 Å². The van der Waals surface area contributed by atoms with Gasteiger partial charge in [0, 0.05) is 17.6 Å². The molecule has 4 rings (SSSR count). The predicted octanol–water partition coefficient (Wildman–Crippen LogP) is 3.82. The van der Waals surface area contributed by atoms with Crippen LogP contribution in [0, 0.1) is 39.0 Å². The predicted molar refractivity (Wildman–Crippen MR) is 115 cm³/mol. The molecule has 1 aromatic carbocycles. The normalized spacial score (nSPS) is 16.0. The highest BCUT2D eigenvalue weighted by molar-refractivity contribution is 6.12. The van der Waals surface area contributed by atoms with Crippen LogP contribution in [-0.2, 0) is 11.3 Å². The Morgan fingerprint density at radius 2 is 1.94 bits per heavy atom. The van der Waals surface area contributed by atoms with Crippen molar-refractivity contribution in [2.24, 2.45) is 0 Å². The van der Waals surface area contributed by atoms with Crippen molar-refractivity contribution in [1.82, 2.24) is 4.57 Å². The Bertz CT molecular complexity index is 1320. The summed E-state index contributed by atoms with van der Waals surface area (Å²) in [6.07, 6.45) is 1.35. The number of rotatable bonds is 4. The summed E-state index contributed by atoms with van der Waals surface area (Å²) in [7, 11) is 0. The van der Waals surface area contributed by atoms with E-state index in [4.69, 9.17) is 9.15 Å². The summed E-state index contributed by atoms with van der Waals surface area (Å²) in [5.74, 6) is -0.935. The number of pyridine rings is 1. The number of aromatic hydroxyl groups is 1. The molecule has 0 bridgehead atoms. The molecule has 0 radical (unpaired) electrons. The summed E-state index contributed by atoms with van der Waals surface area (Å²) >= 11 is 0. The van der Waals surface area contributed by atoms with Gasteiger partial charge in [0.25, 0.3) is 5.56 Å². The molecule has 1 aliphatic rings. The summed E-state index contributed by atoms with van der Waals surface area (Å²) in [4.78, 5) is 26.3. The lowest BCUT2D eigenvalue weighted by atomic mass is 9.98. The smallest absolute Gasteiger partial charge is 0.271 e. The summed E-state index contributed by atoms with van der Waals surface area (Å²) in [6, 6.07) is 5.73. The molecule has 1 N–H and O–H groups in total. The van der Waals surface area contributed by atoms with Crippen LogP contribution in [0.25, 0.3) is 11.0 Å². The molecule has 31 heavy (non-hydrogen) atoms. The quantitative estimate of drug-likeness (QED) is 0.644. The van der Waals surface area contributed by atoms with Crippen LogP contribution in [-0.4, -0.2) is 28.2 Å². The first-order valence-electron chi connectivity index (χ1n) is 10.3. The van der Waals surface area contributed by atoms with E-state index in [0.717, 1.165) is 33.9 Å².